The van der Waals surface area contributed by atoms with E-state index in [1.54, 1.807) is 44.3 Å². The van der Waals surface area contributed by atoms with Gasteiger partial charge in [-0.2, -0.15) is 5.10 Å². The number of aromatic nitrogens is 2. The Hall–Kier alpha value is -3.48. The fourth-order valence-corrected chi connectivity index (χ4v) is 2.29. The molecule has 0 aliphatic heterocycles. The molecule has 0 fully saturated rings. The van der Waals surface area contributed by atoms with E-state index in [4.69, 9.17) is 9.57 Å². The van der Waals surface area contributed by atoms with Crippen LogP contribution >= 0.6 is 0 Å². The summed E-state index contributed by atoms with van der Waals surface area (Å²) in [6.45, 7) is 1.78. The quantitative estimate of drug-likeness (QED) is 0.397. The maximum atomic E-state index is 13.0. The lowest BCUT2D eigenvalue weighted by molar-refractivity contribution is 0.0519. The van der Waals surface area contributed by atoms with E-state index >= 15 is 0 Å². The van der Waals surface area contributed by atoms with Crippen molar-refractivity contribution >= 4 is 12.2 Å². The molecule has 0 bridgehead atoms. The van der Waals surface area contributed by atoms with Crippen LogP contribution in [0, 0.1) is 12.7 Å². The van der Waals surface area contributed by atoms with E-state index < -0.39 is 5.97 Å². The Balaban J connectivity index is 1.77. The Kier molecular flexibility index (Phi) is 5.07. The number of hydrogen-bond acceptors (Lipinski definition) is 5. The van der Waals surface area contributed by atoms with Crippen LogP contribution in [0.25, 0.3) is 0 Å². The molecule has 0 aliphatic rings. The number of halogens is 1. The lowest BCUT2D eigenvalue weighted by atomic mass is 10.2. The van der Waals surface area contributed by atoms with Crippen molar-refractivity contribution in [1.82, 2.24) is 9.78 Å². The fourth-order valence-electron chi connectivity index (χ4n) is 2.29. The van der Waals surface area contributed by atoms with Crippen molar-refractivity contribution in [3.8, 4) is 11.6 Å². The highest BCUT2D eigenvalue weighted by atomic mass is 19.1. The molecule has 0 spiro atoms. The Morgan fingerprint density at radius 1 is 1.15 bits per heavy atom. The van der Waals surface area contributed by atoms with Crippen LogP contribution in [0.15, 0.2) is 59.8 Å². The van der Waals surface area contributed by atoms with Crippen molar-refractivity contribution in [3.05, 3.63) is 77.2 Å². The molecule has 1 aromatic heterocycles. The van der Waals surface area contributed by atoms with E-state index in [2.05, 4.69) is 10.3 Å². The third-order valence-corrected chi connectivity index (χ3v) is 3.57. The maximum Gasteiger partial charge on any atom is 0.365 e. The molecular formula is C19H16FN3O3. The molecule has 0 atom stereocenters. The summed E-state index contributed by atoms with van der Waals surface area (Å²) >= 11 is 0. The Labute approximate surface area is 149 Å². The predicted octanol–water partition coefficient (Wildman–Crippen LogP) is 3.85. The monoisotopic (exact) mass is 353 g/mol. The lowest BCUT2D eigenvalue weighted by Crippen LogP contribution is -2.01. The van der Waals surface area contributed by atoms with Crippen LogP contribution in [0.1, 0.15) is 21.6 Å². The molecule has 26 heavy (non-hydrogen) atoms. The molecule has 132 valence electrons. The fraction of sp³-hybridized carbons (Fsp3) is 0.105. The molecule has 2 aromatic carbocycles. The molecule has 0 N–H and O–H groups in total. The third-order valence-electron chi connectivity index (χ3n) is 3.57. The minimum Gasteiger partial charge on any atom is -0.439 e. The number of nitrogens with zero attached hydrogens (tertiary/aromatic N) is 3. The summed E-state index contributed by atoms with van der Waals surface area (Å²) in [6, 6.07) is 14.2. The van der Waals surface area contributed by atoms with Gasteiger partial charge >= 0.3 is 5.97 Å². The highest BCUT2D eigenvalue weighted by Crippen LogP contribution is 2.26. The highest BCUT2D eigenvalue weighted by Gasteiger charge is 2.15. The van der Waals surface area contributed by atoms with Gasteiger partial charge in [0.05, 0.1) is 23.0 Å². The van der Waals surface area contributed by atoms with Gasteiger partial charge in [-0.15, -0.1) is 0 Å². The van der Waals surface area contributed by atoms with Crippen molar-refractivity contribution in [3.63, 3.8) is 0 Å². The van der Waals surface area contributed by atoms with Gasteiger partial charge in [0.1, 0.15) is 11.6 Å². The molecule has 0 saturated heterocycles. The number of carbonyl (C=O) groups excluding carboxylic acids is 1. The second-order valence-electron chi connectivity index (χ2n) is 5.46. The zero-order valence-electron chi connectivity index (χ0n) is 14.2. The van der Waals surface area contributed by atoms with Crippen LogP contribution in [0.4, 0.5) is 4.39 Å². The number of benzene rings is 2. The number of aryl methyl sites for hydroxylation is 2. The Morgan fingerprint density at radius 2 is 1.85 bits per heavy atom. The Bertz CT molecular complexity index is 935. The van der Waals surface area contributed by atoms with Gasteiger partial charge in [0.2, 0.25) is 5.88 Å². The van der Waals surface area contributed by atoms with Gasteiger partial charge in [-0.05, 0) is 43.3 Å². The van der Waals surface area contributed by atoms with Gasteiger partial charge in [0, 0.05) is 7.05 Å². The minimum absolute atomic E-state index is 0.354. The van der Waals surface area contributed by atoms with Gasteiger partial charge in [-0.3, -0.25) is 0 Å². The second-order valence-corrected chi connectivity index (χ2v) is 5.46. The van der Waals surface area contributed by atoms with Gasteiger partial charge in [0.25, 0.3) is 0 Å². The summed E-state index contributed by atoms with van der Waals surface area (Å²) in [5.74, 6) is -0.0727. The largest absolute Gasteiger partial charge is 0.439 e. The van der Waals surface area contributed by atoms with Crippen LogP contribution in [0.5, 0.6) is 11.6 Å². The van der Waals surface area contributed by atoms with Crippen molar-refractivity contribution in [1.29, 1.82) is 0 Å². The number of carbonyl (C=O) groups is 1. The molecule has 0 unspecified atom stereocenters. The maximum absolute atomic E-state index is 13.0. The first kappa shape index (κ1) is 17.3. The third kappa shape index (κ3) is 3.94. The van der Waals surface area contributed by atoms with Crippen LogP contribution < -0.4 is 4.74 Å². The molecule has 6 nitrogen and oxygen atoms in total. The molecule has 0 aliphatic carbocycles. The normalized spacial score (nSPS) is 10.9. The molecule has 0 saturated carbocycles. The van der Waals surface area contributed by atoms with E-state index in [-0.39, 0.29) is 5.82 Å². The second kappa shape index (κ2) is 7.60. The molecule has 0 amide bonds. The van der Waals surface area contributed by atoms with E-state index in [0.717, 1.165) is 0 Å². The van der Waals surface area contributed by atoms with Crippen molar-refractivity contribution in [2.75, 3.05) is 0 Å². The molecule has 3 rings (SSSR count). The summed E-state index contributed by atoms with van der Waals surface area (Å²) < 4.78 is 20.3. The summed E-state index contributed by atoms with van der Waals surface area (Å²) in [6.07, 6.45) is 1.36. The minimum atomic E-state index is -0.565. The van der Waals surface area contributed by atoms with Crippen LogP contribution in [0.2, 0.25) is 0 Å². The van der Waals surface area contributed by atoms with E-state index in [9.17, 15) is 9.18 Å². The van der Waals surface area contributed by atoms with Crippen molar-refractivity contribution < 1.29 is 18.8 Å². The van der Waals surface area contributed by atoms with Gasteiger partial charge < -0.3 is 9.57 Å². The van der Waals surface area contributed by atoms with Gasteiger partial charge in [0.15, 0.2) is 0 Å². The molecule has 1 heterocycles. The molecule has 3 aromatic rings. The van der Waals surface area contributed by atoms with Crippen molar-refractivity contribution in [2.24, 2.45) is 12.2 Å². The van der Waals surface area contributed by atoms with Gasteiger partial charge in [-0.1, -0.05) is 23.4 Å². The van der Waals surface area contributed by atoms with E-state index in [1.807, 2.05) is 0 Å². The standard InChI is InChI=1S/C19H16FN3O3/c1-13-17(12-21-26-19(24)14-6-4-3-5-7-14)18(23(2)22-13)25-16-10-8-15(20)9-11-16/h3-12H,1-2H3/b21-12+. The molecule has 7 heteroatoms. The van der Waals surface area contributed by atoms with Gasteiger partial charge in [-0.25, -0.2) is 13.9 Å². The molecule has 0 radical (unpaired) electrons. The first-order valence-electron chi connectivity index (χ1n) is 7.81. The zero-order chi connectivity index (χ0) is 18.5. The topological polar surface area (TPSA) is 65.7 Å². The first-order valence-corrected chi connectivity index (χ1v) is 7.81. The zero-order valence-corrected chi connectivity index (χ0v) is 14.2. The van der Waals surface area contributed by atoms with Crippen LogP contribution in [-0.2, 0) is 11.9 Å². The predicted molar refractivity (Wildman–Crippen MR) is 93.9 cm³/mol. The number of ether oxygens (including phenoxy) is 1. The summed E-state index contributed by atoms with van der Waals surface area (Å²) in [4.78, 5) is 16.8. The average molecular weight is 353 g/mol. The number of rotatable bonds is 5. The summed E-state index contributed by atoms with van der Waals surface area (Å²) in [5, 5.41) is 8.01. The number of hydrogen-bond donors (Lipinski definition) is 0. The lowest BCUT2D eigenvalue weighted by Gasteiger charge is -2.06. The smallest absolute Gasteiger partial charge is 0.365 e. The van der Waals surface area contributed by atoms with Crippen LogP contribution in [0.3, 0.4) is 0 Å². The first-order chi connectivity index (χ1) is 12.5. The van der Waals surface area contributed by atoms with E-state index in [1.165, 1.54) is 35.2 Å². The van der Waals surface area contributed by atoms with E-state index in [0.29, 0.717) is 28.5 Å². The SMILES string of the molecule is Cc1nn(C)c(Oc2ccc(F)cc2)c1/C=N/OC(=O)c1ccccc1. The summed E-state index contributed by atoms with van der Waals surface area (Å²) in [5.41, 5.74) is 1.59. The van der Waals surface area contributed by atoms with Crippen LogP contribution in [-0.4, -0.2) is 22.0 Å². The highest BCUT2D eigenvalue weighted by molar-refractivity contribution is 5.90. The summed E-state index contributed by atoms with van der Waals surface area (Å²) in [7, 11) is 1.71. The average Bonchev–Trinajstić information content (AvgIpc) is 2.91. The molecular weight excluding hydrogens is 337 g/mol. The van der Waals surface area contributed by atoms with Crippen molar-refractivity contribution in [2.45, 2.75) is 6.92 Å². The number of oxime groups is 1. The Morgan fingerprint density at radius 3 is 2.54 bits per heavy atom.